The van der Waals surface area contributed by atoms with Crippen LogP contribution in [0.15, 0.2) is 0 Å². The molecule has 2 aliphatic rings. The Bertz CT molecular complexity index is 378. The number of hydrogen-bond donors (Lipinski definition) is 0. The molecule has 1 atom stereocenters. The summed E-state index contributed by atoms with van der Waals surface area (Å²) in [4.78, 5) is 24.1. The largest absolute Gasteiger partial charge is 0.462 e. The predicted molar refractivity (Wildman–Crippen MR) is 63.7 cm³/mol. The first kappa shape index (κ1) is 15.1. The van der Waals surface area contributed by atoms with Crippen molar-refractivity contribution in [2.75, 3.05) is 13.1 Å². The van der Waals surface area contributed by atoms with Crippen molar-refractivity contribution in [2.45, 2.75) is 50.8 Å². The van der Waals surface area contributed by atoms with Crippen LogP contribution >= 0.6 is 0 Å². The zero-order valence-corrected chi connectivity index (χ0v) is 11.1. The van der Waals surface area contributed by atoms with Crippen LogP contribution in [-0.4, -0.2) is 42.1 Å². The van der Waals surface area contributed by atoms with E-state index in [4.69, 9.17) is 4.74 Å². The number of alkyl halides is 3. The maximum Gasteiger partial charge on any atom is 0.406 e. The van der Waals surface area contributed by atoms with E-state index in [2.05, 4.69) is 0 Å². The fraction of sp³-hybridized carbons (Fsp3) is 0.846. The first-order valence-electron chi connectivity index (χ1n) is 6.90. The Balaban J connectivity index is 1.84. The van der Waals surface area contributed by atoms with Crippen molar-refractivity contribution in [3.8, 4) is 0 Å². The van der Waals surface area contributed by atoms with Gasteiger partial charge in [0.25, 0.3) is 0 Å². The van der Waals surface area contributed by atoms with Crippen LogP contribution in [0.2, 0.25) is 0 Å². The molecule has 0 radical (unpaired) electrons. The van der Waals surface area contributed by atoms with Gasteiger partial charge in [-0.1, -0.05) is 6.42 Å². The molecule has 1 aliphatic carbocycles. The SMILES string of the molecule is O=C(OC1CCCCC1)[C@H]1CC(=O)N(CC(F)(F)F)C1. The van der Waals surface area contributed by atoms with Gasteiger partial charge in [-0.25, -0.2) is 0 Å². The molecule has 7 heteroatoms. The summed E-state index contributed by atoms with van der Waals surface area (Å²) in [6.07, 6.45) is -0.0154. The van der Waals surface area contributed by atoms with Crippen molar-refractivity contribution in [3.63, 3.8) is 0 Å². The van der Waals surface area contributed by atoms with Crippen LogP contribution in [-0.2, 0) is 14.3 Å². The molecular formula is C13H18F3NO3. The standard InChI is InChI=1S/C13H18F3NO3/c14-13(15,16)8-17-7-9(6-11(17)18)12(19)20-10-4-2-1-3-5-10/h9-10H,1-8H2/t9-/m0/s1. The Kier molecular flexibility index (Phi) is 4.55. The number of halogens is 3. The van der Waals surface area contributed by atoms with Gasteiger partial charge < -0.3 is 9.64 Å². The Morgan fingerprint density at radius 1 is 1.25 bits per heavy atom. The van der Waals surface area contributed by atoms with Crippen LogP contribution in [0.4, 0.5) is 13.2 Å². The second kappa shape index (κ2) is 6.01. The van der Waals surface area contributed by atoms with Crippen LogP contribution in [0.3, 0.4) is 0 Å². The summed E-state index contributed by atoms with van der Waals surface area (Å²) < 4.78 is 42.1. The minimum atomic E-state index is -4.43. The molecule has 1 saturated carbocycles. The number of rotatable bonds is 3. The highest BCUT2D eigenvalue weighted by Gasteiger charge is 2.41. The third kappa shape index (κ3) is 4.11. The molecule has 2 rings (SSSR count). The maximum absolute atomic E-state index is 12.3. The summed E-state index contributed by atoms with van der Waals surface area (Å²) in [6, 6.07) is 0. The monoisotopic (exact) mass is 293 g/mol. The minimum absolute atomic E-state index is 0.136. The molecule has 0 N–H and O–H groups in total. The molecule has 1 aliphatic heterocycles. The van der Waals surface area contributed by atoms with E-state index < -0.39 is 30.5 Å². The number of likely N-dealkylation sites (tertiary alicyclic amines) is 1. The summed E-state index contributed by atoms with van der Waals surface area (Å²) in [5.74, 6) is -1.92. The molecule has 0 aromatic rings. The third-order valence-electron chi connectivity index (χ3n) is 3.75. The highest BCUT2D eigenvalue weighted by atomic mass is 19.4. The summed E-state index contributed by atoms with van der Waals surface area (Å²) >= 11 is 0. The number of carbonyl (C=O) groups is 2. The zero-order chi connectivity index (χ0) is 14.8. The lowest BCUT2D eigenvalue weighted by Crippen LogP contribution is -2.36. The second-order valence-corrected chi connectivity index (χ2v) is 5.49. The van der Waals surface area contributed by atoms with Gasteiger partial charge in [-0.2, -0.15) is 13.2 Å². The molecule has 20 heavy (non-hydrogen) atoms. The molecule has 0 spiro atoms. The minimum Gasteiger partial charge on any atom is -0.462 e. The Labute approximate surface area is 115 Å². The van der Waals surface area contributed by atoms with E-state index in [1.54, 1.807) is 0 Å². The predicted octanol–water partition coefficient (Wildman–Crippen LogP) is 2.27. The molecule has 2 fully saturated rings. The quantitative estimate of drug-likeness (QED) is 0.750. The lowest BCUT2D eigenvalue weighted by molar-refractivity contribution is -0.159. The molecule has 114 valence electrons. The van der Waals surface area contributed by atoms with Crippen LogP contribution in [0.1, 0.15) is 38.5 Å². The van der Waals surface area contributed by atoms with E-state index >= 15 is 0 Å². The zero-order valence-electron chi connectivity index (χ0n) is 11.1. The number of ether oxygens (including phenoxy) is 1. The van der Waals surface area contributed by atoms with Crippen molar-refractivity contribution >= 4 is 11.9 Å². The van der Waals surface area contributed by atoms with Crippen molar-refractivity contribution in [2.24, 2.45) is 5.92 Å². The molecule has 0 aromatic heterocycles. The average molecular weight is 293 g/mol. The van der Waals surface area contributed by atoms with Gasteiger partial charge in [-0.3, -0.25) is 9.59 Å². The average Bonchev–Trinajstić information content (AvgIpc) is 2.70. The van der Waals surface area contributed by atoms with Crippen LogP contribution in [0, 0.1) is 5.92 Å². The van der Waals surface area contributed by atoms with Crippen molar-refractivity contribution < 1.29 is 27.5 Å². The van der Waals surface area contributed by atoms with E-state index in [1.165, 1.54) is 0 Å². The molecule has 4 nitrogen and oxygen atoms in total. The van der Waals surface area contributed by atoms with E-state index in [1.807, 2.05) is 0 Å². The van der Waals surface area contributed by atoms with Gasteiger partial charge >= 0.3 is 12.1 Å². The Hall–Kier alpha value is -1.27. The lowest BCUT2D eigenvalue weighted by Gasteiger charge is -2.23. The van der Waals surface area contributed by atoms with Gasteiger partial charge in [0.1, 0.15) is 12.6 Å². The number of esters is 1. The van der Waals surface area contributed by atoms with Crippen molar-refractivity contribution in [3.05, 3.63) is 0 Å². The van der Waals surface area contributed by atoms with Gasteiger partial charge in [0.2, 0.25) is 5.91 Å². The van der Waals surface area contributed by atoms with Gasteiger partial charge in [-0.15, -0.1) is 0 Å². The number of carbonyl (C=O) groups excluding carboxylic acids is 2. The van der Waals surface area contributed by atoms with Crippen molar-refractivity contribution in [1.29, 1.82) is 0 Å². The third-order valence-corrected chi connectivity index (χ3v) is 3.75. The molecular weight excluding hydrogens is 275 g/mol. The first-order chi connectivity index (χ1) is 9.35. The Morgan fingerprint density at radius 2 is 1.90 bits per heavy atom. The molecule has 1 saturated heterocycles. The highest BCUT2D eigenvalue weighted by molar-refractivity contribution is 5.86. The molecule has 0 unspecified atom stereocenters. The fourth-order valence-electron chi connectivity index (χ4n) is 2.74. The molecule has 0 aromatic carbocycles. The van der Waals surface area contributed by atoms with Gasteiger partial charge in [-0.05, 0) is 25.7 Å². The first-order valence-corrected chi connectivity index (χ1v) is 6.90. The summed E-state index contributed by atoms with van der Waals surface area (Å²) in [7, 11) is 0. The smallest absolute Gasteiger partial charge is 0.406 e. The van der Waals surface area contributed by atoms with Gasteiger partial charge in [0.15, 0.2) is 0 Å². The van der Waals surface area contributed by atoms with Crippen LogP contribution in [0.5, 0.6) is 0 Å². The number of hydrogen-bond acceptors (Lipinski definition) is 3. The second-order valence-electron chi connectivity index (χ2n) is 5.49. The molecule has 0 bridgehead atoms. The lowest BCUT2D eigenvalue weighted by atomic mass is 9.97. The fourth-order valence-corrected chi connectivity index (χ4v) is 2.74. The Morgan fingerprint density at radius 3 is 2.50 bits per heavy atom. The molecule has 1 amide bonds. The van der Waals surface area contributed by atoms with Crippen molar-refractivity contribution in [1.82, 2.24) is 4.90 Å². The summed E-state index contributed by atoms with van der Waals surface area (Å²) in [6.45, 7) is -1.48. The van der Waals surface area contributed by atoms with Crippen LogP contribution in [0.25, 0.3) is 0 Å². The topological polar surface area (TPSA) is 46.6 Å². The van der Waals surface area contributed by atoms with E-state index in [-0.39, 0.29) is 19.1 Å². The number of nitrogens with zero attached hydrogens (tertiary/aromatic N) is 1. The van der Waals surface area contributed by atoms with Crippen LogP contribution < -0.4 is 0 Å². The van der Waals surface area contributed by atoms with E-state index in [9.17, 15) is 22.8 Å². The normalized spacial score (nSPS) is 25.1. The summed E-state index contributed by atoms with van der Waals surface area (Å²) in [5.41, 5.74) is 0. The summed E-state index contributed by atoms with van der Waals surface area (Å²) in [5, 5.41) is 0. The number of amides is 1. The van der Waals surface area contributed by atoms with Gasteiger partial charge in [0.05, 0.1) is 5.92 Å². The van der Waals surface area contributed by atoms with E-state index in [0.717, 1.165) is 32.1 Å². The molecule has 1 heterocycles. The maximum atomic E-state index is 12.3. The van der Waals surface area contributed by atoms with Gasteiger partial charge in [0, 0.05) is 13.0 Å². The highest BCUT2D eigenvalue weighted by Crippen LogP contribution is 2.26. The van der Waals surface area contributed by atoms with E-state index in [0.29, 0.717) is 4.90 Å².